The largest absolute Gasteiger partial charge is 0.478 e. The Morgan fingerprint density at radius 3 is 2.35 bits per heavy atom. The number of benzene rings is 1. The molecule has 1 atom stereocenters. The fourth-order valence-corrected chi connectivity index (χ4v) is 4.47. The molecule has 1 fully saturated rings. The van der Waals surface area contributed by atoms with Crippen LogP contribution < -0.4 is 9.64 Å². The number of nitrogens with zero attached hydrogens (tertiary/aromatic N) is 2. The Morgan fingerprint density at radius 1 is 1.16 bits per heavy atom. The maximum Gasteiger partial charge on any atom is 0.421 e. The number of ether oxygens (including phenoxy) is 1. The molecule has 1 unspecified atom stereocenters. The maximum atomic E-state index is 13.7. The minimum absolute atomic E-state index is 0.129. The van der Waals surface area contributed by atoms with Crippen LogP contribution >= 0.6 is 0 Å². The molecule has 1 aliphatic carbocycles. The minimum atomic E-state index is -4.90. The van der Waals surface area contributed by atoms with Crippen LogP contribution in [0.3, 0.4) is 0 Å². The van der Waals surface area contributed by atoms with Crippen molar-refractivity contribution < 1.29 is 42.8 Å². The van der Waals surface area contributed by atoms with Crippen molar-refractivity contribution in [3.63, 3.8) is 0 Å². The summed E-state index contributed by atoms with van der Waals surface area (Å²) in [6.45, 7) is 4.86. The van der Waals surface area contributed by atoms with Gasteiger partial charge in [0, 0.05) is 23.7 Å². The molecule has 202 valence electrons. The van der Waals surface area contributed by atoms with Crippen LogP contribution in [0.15, 0.2) is 30.5 Å². The number of alkyl halides is 3. The highest BCUT2D eigenvalue weighted by atomic mass is 19.4. The number of aliphatic hydroxyl groups is 2. The monoisotopic (exact) mass is 524 g/mol. The lowest BCUT2D eigenvalue weighted by Gasteiger charge is -2.34. The van der Waals surface area contributed by atoms with Gasteiger partial charge in [0.15, 0.2) is 0 Å². The van der Waals surface area contributed by atoms with E-state index in [1.807, 2.05) is 0 Å². The SMILES string of the molecule is CC1CCC(C(=O)N(c2ccc(Oc3ncc(C(O)CO)cc3C(F)(F)F)cc2C(=O)O)C(C)C)CC1. The van der Waals surface area contributed by atoms with Gasteiger partial charge in [0.1, 0.15) is 17.4 Å². The molecule has 0 saturated heterocycles. The van der Waals surface area contributed by atoms with E-state index >= 15 is 0 Å². The van der Waals surface area contributed by atoms with Gasteiger partial charge in [-0.2, -0.15) is 13.2 Å². The summed E-state index contributed by atoms with van der Waals surface area (Å²) < 4.78 is 46.3. The normalized spacial score (nSPS) is 18.9. The summed E-state index contributed by atoms with van der Waals surface area (Å²) in [5.41, 5.74) is -1.73. The molecule has 11 heteroatoms. The Morgan fingerprint density at radius 2 is 1.81 bits per heavy atom. The predicted octanol–water partition coefficient (Wildman–Crippen LogP) is 5.18. The van der Waals surface area contributed by atoms with Crippen LogP contribution in [0.4, 0.5) is 18.9 Å². The van der Waals surface area contributed by atoms with E-state index in [2.05, 4.69) is 11.9 Å². The number of hydrogen-bond acceptors (Lipinski definition) is 6. The van der Waals surface area contributed by atoms with E-state index in [1.165, 1.54) is 17.0 Å². The number of carbonyl (C=O) groups excluding carboxylic acids is 1. The molecule has 1 aliphatic rings. The minimum Gasteiger partial charge on any atom is -0.478 e. The van der Waals surface area contributed by atoms with Crippen LogP contribution in [0, 0.1) is 11.8 Å². The molecular formula is C26H31F3N2O6. The first-order valence-electron chi connectivity index (χ1n) is 12.1. The van der Waals surface area contributed by atoms with Gasteiger partial charge in [0.05, 0.1) is 17.9 Å². The maximum absolute atomic E-state index is 13.7. The quantitative estimate of drug-likeness (QED) is 0.435. The number of anilines is 1. The molecule has 0 radical (unpaired) electrons. The second-order valence-corrected chi connectivity index (χ2v) is 9.66. The summed E-state index contributed by atoms with van der Waals surface area (Å²) in [5, 5.41) is 28.6. The highest BCUT2D eigenvalue weighted by Gasteiger charge is 2.37. The highest BCUT2D eigenvalue weighted by molar-refractivity contribution is 6.03. The first-order valence-corrected chi connectivity index (χ1v) is 12.1. The van der Waals surface area contributed by atoms with Gasteiger partial charge in [-0.3, -0.25) is 4.79 Å². The van der Waals surface area contributed by atoms with Gasteiger partial charge >= 0.3 is 12.1 Å². The Kier molecular flexibility index (Phi) is 8.80. The van der Waals surface area contributed by atoms with Gasteiger partial charge in [0.2, 0.25) is 11.8 Å². The molecule has 1 amide bonds. The molecular weight excluding hydrogens is 493 g/mol. The Labute approximate surface area is 212 Å². The number of rotatable bonds is 8. The van der Waals surface area contributed by atoms with Crippen LogP contribution in [0.5, 0.6) is 11.6 Å². The third kappa shape index (κ3) is 6.58. The average molecular weight is 525 g/mol. The van der Waals surface area contributed by atoms with Gasteiger partial charge in [-0.25, -0.2) is 9.78 Å². The molecule has 1 aromatic heterocycles. The molecule has 3 N–H and O–H groups in total. The van der Waals surface area contributed by atoms with Gasteiger partial charge in [-0.1, -0.05) is 6.92 Å². The van der Waals surface area contributed by atoms with Crippen molar-refractivity contribution in [2.45, 2.75) is 64.8 Å². The van der Waals surface area contributed by atoms with E-state index in [4.69, 9.17) is 9.84 Å². The first kappa shape index (κ1) is 28.4. The van der Waals surface area contributed by atoms with Crippen molar-refractivity contribution in [3.8, 4) is 11.6 Å². The summed E-state index contributed by atoms with van der Waals surface area (Å²) >= 11 is 0. The molecule has 1 saturated carbocycles. The van der Waals surface area contributed by atoms with Crippen molar-refractivity contribution in [3.05, 3.63) is 47.2 Å². The molecule has 37 heavy (non-hydrogen) atoms. The number of carboxylic acids is 1. The van der Waals surface area contributed by atoms with Crippen molar-refractivity contribution in [1.29, 1.82) is 0 Å². The summed E-state index contributed by atoms with van der Waals surface area (Å²) in [6, 6.07) is 3.94. The summed E-state index contributed by atoms with van der Waals surface area (Å²) in [7, 11) is 0. The highest BCUT2D eigenvalue weighted by Crippen LogP contribution is 2.39. The Bertz CT molecular complexity index is 1130. The van der Waals surface area contributed by atoms with Crippen molar-refractivity contribution in [2.75, 3.05) is 11.5 Å². The summed E-state index contributed by atoms with van der Waals surface area (Å²) in [4.78, 5) is 30.6. The number of pyridine rings is 1. The number of amides is 1. The standard InChI is InChI=1S/C26H31F3N2O6/c1-14(2)31(24(34)16-6-4-15(3)5-7-16)21-9-8-18(11-19(21)25(35)36)37-23-20(26(27,28)29)10-17(12-30-23)22(33)13-32/h8-12,14-16,22,32-33H,4-7,13H2,1-3H3,(H,35,36). The van der Waals surface area contributed by atoms with Crippen LogP contribution in [0.1, 0.15) is 74.0 Å². The average Bonchev–Trinajstić information content (AvgIpc) is 2.84. The lowest BCUT2D eigenvalue weighted by Crippen LogP contribution is -2.42. The van der Waals surface area contributed by atoms with Crippen LogP contribution in [-0.2, 0) is 11.0 Å². The van der Waals surface area contributed by atoms with Gasteiger partial charge in [0.25, 0.3) is 0 Å². The number of aliphatic hydroxyl groups excluding tert-OH is 2. The van der Waals surface area contributed by atoms with E-state index < -0.39 is 36.3 Å². The number of halogens is 3. The van der Waals surface area contributed by atoms with Gasteiger partial charge in [-0.15, -0.1) is 0 Å². The predicted molar refractivity (Wildman–Crippen MR) is 129 cm³/mol. The lowest BCUT2D eigenvalue weighted by molar-refractivity contribution is -0.139. The fraction of sp³-hybridized carbons (Fsp3) is 0.500. The number of carbonyl (C=O) groups is 2. The van der Waals surface area contributed by atoms with Crippen molar-refractivity contribution >= 4 is 17.6 Å². The Hall–Kier alpha value is -3.18. The molecule has 0 aliphatic heterocycles. The third-order valence-corrected chi connectivity index (χ3v) is 6.53. The topological polar surface area (TPSA) is 120 Å². The lowest BCUT2D eigenvalue weighted by atomic mass is 9.82. The summed E-state index contributed by atoms with van der Waals surface area (Å²) in [5.74, 6) is -2.34. The van der Waals surface area contributed by atoms with Gasteiger partial charge in [-0.05, 0) is 69.7 Å². The zero-order valence-electron chi connectivity index (χ0n) is 20.8. The van der Waals surface area contributed by atoms with Crippen LogP contribution in [0.2, 0.25) is 0 Å². The number of aromatic carboxylic acids is 1. The Balaban J connectivity index is 1.98. The fourth-order valence-electron chi connectivity index (χ4n) is 4.47. The smallest absolute Gasteiger partial charge is 0.421 e. The third-order valence-electron chi connectivity index (χ3n) is 6.53. The molecule has 0 spiro atoms. The molecule has 3 rings (SSSR count). The molecule has 2 aromatic rings. The van der Waals surface area contributed by atoms with Crippen molar-refractivity contribution in [1.82, 2.24) is 4.98 Å². The molecule has 8 nitrogen and oxygen atoms in total. The van der Waals surface area contributed by atoms with E-state index in [9.17, 15) is 33.0 Å². The molecule has 1 aromatic carbocycles. The number of carboxylic acid groups (broad SMARTS) is 1. The molecule has 1 heterocycles. The van der Waals surface area contributed by atoms with Gasteiger partial charge < -0.3 is 25.0 Å². The summed E-state index contributed by atoms with van der Waals surface area (Å²) in [6.07, 6.45) is -2.30. The van der Waals surface area contributed by atoms with E-state index in [0.717, 1.165) is 25.1 Å². The van der Waals surface area contributed by atoms with E-state index in [1.54, 1.807) is 13.8 Å². The van der Waals surface area contributed by atoms with Crippen LogP contribution in [0.25, 0.3) is 0 Å². The second kappa shape index (κ2) is 11.5. The van der Waals surface area contributed by atoms with E-state index in [-0.39, 0.29) is 40.4 Å². The van der Waals surface area contributed by atoms with Crippen LogP contribution in [-0.4, -0.2) is 44.8 Å². The first-order chi connectivity index (χ1) is 17.3. The zero-order valence-corrected chi connectivity index (χ0v) is 20.8. The number of aromatic nitrogens is 1. The zero-order chi connectivity index (χ0) is 27.5. The molecule has 0 bridgehead atoms. The van der Waals surface area contributed by atoms with E-state index in [0.29, 0.717) is 24.8 Å². The second-order valence-electron chi connectivity index (χ2n) is 9.66. The van der Waals surface area contributed by atoms with Crippen molar-refractivity contribution in [2.24, 2.45) is 11.8 Å². The number of hydrogen-bond donors (Lipinski definition) is 3.